The molecule has 2 unspecified atom stereocenters. The second-order valence-electron chi connectivity index (χ2n) is 4.39. The minimum atomic E-state index is 0.398. The molecule has 0 aromatic rings. The molecule has 0 aromatic carbocycles. The Bertz CT molecular complexity index is 185. The third kappa shape index (κ3) is 1.21. The fourth-order valence-corrected chi connectivity index (χ4v) is 2.81. The Hall–Kier alpha value is -0.330. The smallest absolute Gasteiger partial charge is 0.130 e. The maximum Gasteiger partial charge on any atom is 0.130 e. The van der Waals surface area contributed by atoms with E-state index < -0.39 is 0 Å². The van der Waals surface area contributed by atoms with E-state index in [2.05, 4.69) is 0 Å². The largest absolute Gasteiger partial charge is 0.300 e. The molecule has 2 aliphatic rings. The normalized spacial score (nSPS) is 41.4. The van der Waals surface area contributed by atoms with Gasteiger partial charge in [0.05, 0.1) is 0 Å². The highest BCUT2D eigenvalue weighted by atomic mass is 16.1. The van der Waals surface area contributed by atoms with Gasteiger partial charge in [-0.2, -0.15) is 0 Å². The first kappa shape index (κ1) is 7.33. The maximum absolute atomic E-state index is 10.9. The molecule has 0 spiro atoms. The molecule has 2 atom stereocenters. The number of hydrogen-bond acceptors (Lipinski definition) is 1. The second kappa shape index (κ2) is 2.33. The summed E-state index contributed by atoms with van der Waals surface area (Å²) in [6.45, 7) is 1.73. The SMILES string of the molecule is CC(=O)CC12CCCCC1C2. The van der Waals surface area contributed by atoms with Crippen LogP contribution in [0, 0.1) is 11.3 Å². The summed E-state index contributed by atoms with van der Waals surface area (Å²) in [5.74, 6) is 1.33. The van der Waals surface area contributed by atoms with Crippen LogP contribution in [-0.4, -0.2) is 5.78 Å². The number of fused-ring (bicyclic) bond motifs is 1. The van der Waals surface area contributed by atoms with Crippen molar-refractivity contribution in [3.63, 3.8) is 0 Å². The summed E-state index contributed by atoms with van der Waals surface area (Å²) in [4.78, 5) is 10.9. The molecule has 0 N–H and O–H groups in total. The number of rotatable bonds is 2. The first-order valence-electron chi connectivity index (χ1n) is 4.72. The minimum Gasteiger partial charge on any atom is -0.300 e. The van der Waals surface area contributed by atoms with E-state index in [4.69, 9.17) is 0 Å². The quantitative estimate of drug-likeness (QED) is 0.594. The zero-order chi connectivity index (χ0) is 7.90. The molecule has 0 heterocycles. The van der Waals surface area contributed by atoms with Gasteiger partial charge in [-0.05, 0) is 37.5 Å². The summed E-state index contributed by atoms with van der Waals surface area (Å²) >= 11 is 0. The Morgan fingerprint density at radius 2 is 2.36 bits per heavy atom. The van der Waals surface area contributed by atoms with Crippen molar-refractivity contribution >= 4 is 5.78 Å². The van der Waals surface area contributed by atoms with Crippen LogP contribution >= 0.6 is 0 Å². The molecule has 0 amide bonds. The zero-order valence-corrected chi connectivity index (χ0v) is 7.23. The fraction of sp³-hybridized carbons (Fsp3) is 0.900. The van der Waals surface area contributed by atoms with Gasteiger partial charge >= 0.3 is 0 Å². The van der Waals surface area contributed by atoms with Crippen LogP contribution in [0.2, 0.25) is 0 Å². The van der Waals surface area contributed by atoms with Gasteiger partial charge in [-0.1, -0.05) is 12.8 Å². The molecule has 0 aliphatic heterocycles. The highest BCUT2D eigenvalue weighted by Crippen LogP contribution is 2.63. The predicted molar refractivity (Wildman–Crippen MR) is 44.3 cm³/mol. The van der Waals surface area contributed by atoms with Gasteiger partial charge in [0, 0.05) is 6.42 Å². The monoisotopic (exact) mass is 152 g/mol. The van der Waals surface area contributed by atoms with Crippen molar-refractivity contribution in [3.05, 3.63) is 0 Å². The Morgan fingerprint density at radius 3 is 3.00 bits per heavy atom. The number of Topliss-reactive ketones (excluding diaryl/α,β-unsaturated/α-hetero) is 1. The summed E-state index contributed by atoms with van der Waals surface area (Å²) in [6.07, 6.45) is 7.73. The molecular weight excluding hydrogens is 136 g/mol. The van der Waals surface area contributed by atoms with Crippen molar-refractivity contribution in [1.82, 2.24) is 0 Å². The van der Waals surface area contributed by atoms with Crippen molar-refractivity contribution in [3.8, 4) is 0 Å². The number of ketones is 1. The van der Waals surface area contributed by atoms with Crippen LogP contribution < -0.4 is 0 Å². The average Bonchev–Trinajstić information content (AvgIpc) is 2.59. The third-order valence-corrected chi connectivity index (χ3v) is 3.44. The Labute approximate surface area is 68.2 Å². The molecule has 11 heavy (non-hydrogen) atoms. The molecule has 1 nitrogen and oxygen atoms in total. The van der Waals surface area contributed by atoms with E-state index in [9.17, 15) is 4.79 Å². The van der Waals surface area contributed by atoms with E-state index in [1.165, 1.54) is 32.1 Å². The first-order valence-corrected chi connectivity index (χ1v) is 4.72. The average molecular weight is 152 g/mol. The van der Waals surface area contributed by atoms with Gasteiger partial charge in [0.2, 0.25) is 0 Å². The second-order valence-corrected chi connectivity index (χ2v) is 4.39. The molecule has 0 saturated heterocycles. The number of carbonyl (C=O) groups excluding carboxylic acids is 1. The lowest BCUT2D eigenvalue weighted by Crippen LogP contribution is -2.12. The van der Waals surface area contributed by atoms with Gasteiger partial charge in [-0.15, -0.1) is 0 Å². The zero-order valence-electron chi connectivity index (χ0n) is 7.23. The van der Waals surface area contributed by atoms with Gasteiger partial charge in [0.15, 0.2) is 0 Å². The van der Waals surface area contributed by atoms with Crippen molar-refractivity contribution in [2.75, 3.05) is 0 Å². The molecule has 2 aliphatic carbocycles. The standard InChI is InChI=1S/C10H16O/c1-8(11)6-10-5-3-2-4-9(10)7-10/h9H,2-7H2,1H3. The summed E-state index contributed by atoms with van der Waals surface area (Å²) < 4.78 is 0. The minimum absolute atomic E-state index is 0.398. The maximum atomic E-state index is 10.9. The third-order valence-electron chi connectivity index (χ3n) is 3.44. The predicted octanol–water partition coefficient (Wildman–Crippen LogP) is 2.55. The fourth-order valence-electron chi connectivity index (χ4n) is 2.81. The van der Waals surface area contributed by atoms with Gasteiger partial charge in [-0.3, -0.25) is 0 Å². The number of hydrogen-bond donors (Lipinski definition) is 0. The van der Waals surface area contributed by atoms with E-state index >= 15 is 0 Å². The van der Waals surface area contributed by atoms with E-state index in [1.54, 1.807) is 6.92 Å². The van der Waals surface area contributed by atoms with Crippen LogP contribution in [0.15, 0.2) is 0 Å². The summed E-state index contributed by atoms with van der Waals surface area (Å²) in [7, 11) is 0. The van der Waals surface area contributed by atoms with Crippen LogP contribution in [0.5, 0.6) is 0 Å². The van der Waals surface area contributed by atoms with Gasteiger partial charge < -0.3 is 4.79 Å². The van der Waals surface area contributed by atoms with Crippen molar-refractivity contribution in [1.29, 1.82) is 0 Å². The molecule has 0 aromatic heterocycles. The topological polar surface area (TPSA) is 17.1 Å². The van der Waals surface area contributed by atoms with Gasteiger partial charge in [-0.25, -0.2) is 0 Å². The molecule has 2 saturated carbocycles. The van der Waals surface area contributed by atoms with Gasteiger partial charge in [0.1, 0.15) is 5.78 Å². The Kier molecular flexibility index (Phi) is 1.55. The molecule has 0 bridgehead atoms. The molecule has 62 valence electrons. The van der Waals surface area contributed by atoms with Crippen molar-refractivity contribution < 1.29 is 4.79 Å². The molecular formula is C10H16O. The Balaban J connectivity index is 1.96. The molecule has 1 heteroatoms. The Morgan fingerprint density at radius 1 is 1.55 bits per heavy atom. The lowest BCUT2D eigenvalue weighted by molar-refractivity contribution is -0.118. The lowest BCUT2D eigenvalue weighted by Gasteiger charge is -2.20. The molecule has 2 rings (SSSR count). The summed E-state index contributed by atoms with van der Waals surface area (Å²) in [6, 6.07) is 0. The number of carbonyl (C=O) groups is 1. The highest BCUT2D eigenvalue weighted by molar-refractivity contribution is 5.76. The highest BCUT2D eigenvalue weighted by Gasteiger charge is 2.54. The van der Waals surface area contributed by atoms with Crippen molar-refractivity contribution in [2.45, 2.75) is 45.4 Å². The van der Waals surface area contributed by atoms with Crippen LogP contribution in [0.1, 0.15) is 45.4 Å². The van der Waals surface area contributed by atoms with Crippen LogP contribution in [0.4, 0.5) is 0 Å². The summed E-state index contributed by atoms with van der Waals surface area (Å²) in [5.41, 5.74) is 0.518. The first-order chi connectivity index (χ1) is 5.23. The van der Waals surface area contributed by atoms with Crippen LogP contribution in [-0.2, 0) is 4.79 Å². The molecule has 2 fully saturated rings. The molecule has 0 radical (unpaired) electrons. The van der Waals surface area contributed by atoms with E-state index in [1.807, 2.05) is 0 Å². The van der Waals surface area contributed by atoms with Crippen molar-refractivity contribution in [2.24, 2.45) is 11.3 Å². The van der Waals surface area contributed by atoms with E-state index in [0.29, 0.717) is 11.2 Å². The van der Waals surface area contributed by atoms with E-state index in [0.717, 1.165) is 12.3 Å². The van der Waals surface area contributed by atoms with Crippen LogP contribution in [0.25, 0.3) is 0 Å². The summed E-state index contributed by atoms with van der Waals surface area (Å²) in [5, 5.41) is 0. The van der Waals surface area contributed by atoms with E-state index in [-0.39, 0.29) is 0 Å². The van der Waals surface area contributed by atoms with Crippen LogP contribution in [0.3, 0.4) is 0 Å². The lowest BCUT2D eigenvalue weighted by atomic mass is 9.85. The van der Waals surface area contributed by atoms with Gasteiger partial charge in [0.25, 0.3) is 0 Å².